The van der Waals surface area contributed by atoms with E-state index in [0.717, 1.165) is 6.07 Å². The second kappa shape index (κ2) is 10.7. The van der Waals surface area contributed by atoms with E-state index in [2.05, 4.69) is 10.6 Å². The molecule has 0 spiro atoms. The number of carbonyl (C=O) groups is 4. The SMILES string of the molecule is C[C@H](NC(=O)c1cccc([N+](=O)[O-])c1)C(=O)OCC(=O)Nc1ccc(C(=O)N(C)C)cc1. The minimum atomic E-state index is -1.09. The smallest absolute Gasteiger partial charge is 0.328 e. The summed E-state index contributed by atoms with van der Waals surface area (Å²) in [5, 5.41) is 15.7. The molecule has 11 heteroatoms. The first kappa shape index (κ1) is 24.0. The second-order valence-corrected chi connectivity index (χ2v) is 6.94. The van der Waals surface area contributed by atoms with Crippen LogP contribution in [0.4, 0.5) is 11.4 Å². The average molecular weight is 442 g/mol. The molecule has 2 N–H and O–H groups in total. The fourth-order valence-corrected chi connectivity index (χ4v) is 2.51. The zero-order chi connectivity index (χ0) is 23.8. The van der Waals surface area contributed by atoms with Gasteiger partial charge in [0.05, 0.1) is 4.92 Å². The molecule has 2 aromatic carbocycles. The van der Waals surface area contributed by atoms with Crippen LogP contribution in [0.1, 0.15) is 27.6 Å². The van der Waals surface area contributed by atoms with Gasteiger partial charge in [0, 0.05) is 43.0 Å². The van der Waals surface area contributed by atoms with Crippen molar-refractivity contribution in [2.45, 2.75) is 13.0 Å². The van der Waals surface area contributed by atoms with E-state index in [4.69, 9.17) is 4.74 Å². The Morgan fingerprint density at radius 1 is 1.06 bits per heavy atom. The van der Waals surface area contributed by atoms with Crippen molar-refractivity contribution in [3.63, 3.8) is 0 Å². The molecule has 168 valence electrons. The number of carbonyl (C=O) groups excluding carboxylic acids is 4. The van der Waals surface area contributed by atoms with E-state index in [0.29, 0.717) is 11.3 Å². The number of esters is 1. The fraction of sp³-hybridized carbons (Fsp3) is 0.238. The van der Waals surface area contributed by atoms with Gasteiger partial charge >= 0.3 is 5.97 Å². The predicted octanol–water partition coefficient (Wildman–Crippen LogP) is 1.60. The van der Waals surface area contributed by atoms with Crippen LogP contribution in [0.25, 0.3) is 0 Å². The minimum Gasteiger partial charge on any atom is -0.454 e. The van der Waals surface area contributed by atoms with E-state index in [1.165, 1.54) is 30.0 Å². The van der Waals surface area contributed by atoms with E-state index >= 15 is 0 Å². The number of ether oxygens (including phenoxy) is 1. The summed E-state index contributed by atoms with van der Waals surface area (Å²) in [6, 6.07) is 10.1. The zero-order valence-electron chi connectivity index (χ0n) is 17.7. The number of hydrogen-bond donors (Lipinski definition) is 2. The highest BCUT2D eigenvalue weighted by Gasteiger charge is 2.20. The first-order valence-corrected chi connectivity index (χ1v) is 9.42. The van der Waals surface area contributed by atoms with E-state index in [-0.39, 0.29) is 17.2 Å². The maximum atomic E-state index is 12.2. The molecule has 0 bridgehead atoms. The molecule has 32 heavy (non-hydrogen) atoms. The number of benzene rings is 2. The number of nitrogens with one attached hydrogen (secondary N) is 2. The molecule has 0 aromatic heterocycles. The third-order valence-corrected chi connectivity index (χ3v) is 4.19. The molecule has 0 aliphatic rings. The Kier molecular flexibility index (Phi) is 7.99. The highest BCUT2D eigenvalue weighted by Crippen LogP contribution is 2.13. The zero-order valence-corrected chi connectivity index (χ0v) is 17.7. The Hall–Kier alpha value is -4.28. The molecule has 0 saturated heterocycles. The minimum absolute atomic E-state index is 0.00721. The van der Waals surface area contributed by atoms with E-state index in [9.17, 15) is 29.3 Å². The highest BCUT2D eigenvalue weighted by molar-refractivity contribution is 5.98. The van der Waals surface area contributed by atoms with Gasteiger partial charge in [0.25, 0.3) is 23.4 Å². The highest BCUT2D eigenvalue weighted by atomic mass is 16.6. The molecule has 3 amide bonds. The van der Waals surface area contributed by atoms with Crippen LogP contribution >= 0.6 is 0 Å². The number of hydrogen-bond acceptors (Lipinski definition) is 7. The Bertz CT molecular complexity index is 1030. The normalized spacial score (nSPS) is 11.1. The second-order valence-electron chi connectivity index (χ2n) is 6.94. The monoisotopic (exact) mass is 442 g/mol. The Morgan fingerprint density at radius 3 is 2.31 bits per heavy atom. The number of anilines is 1. The van der Waals surface area contributed by atoms with Gasteiger partial charge in [0.1, 0.15) is 6.04 Å². The number of nitro groups is 1. The lowest BCUT2D eigenvalue weighted by atomic mass is 10.2. The van der Waals surface area contributed by atoms with Crippen LogP contribution in [0.2, 0.25) is 0 Å². The van der Waals surface area contributed by atoms with E-state index < -0.39 is 35.4 Å². The number of non-ortho nitro benzene ring substituents is 1. The maximum absolute atomic E-state index is 12.2. The largest absolute Gasteiger partial charge is 0.454 e. The Labute approximate surface area is 183 Å². The molecule has 0 saturated carbocycles. The third-order valence-electron chi connectivity index (χ3n) is 4.19. The summed E-state index contributed by atoms with van der Waals surface area (Å²) in [5.74, 6) is -2.35. The predicted molar refractivity (Wildman–Crippen MR) is 114 cm³/mol. The van der Waals surface area contributed by atoms with E-state index in [1.54, 1.807) is 38.4 Å². The number of rotatable bonds is 8. The van der Waals surface area contributed by atoms with Crippen LogP contribution in [-0.2, 0) is 14.3 Å². The summed E-state index contributed by atoms with van der Waals surface area (Å²) >= 11 is 0. The van der Waals surface area contributed by atoms with Crippen molar-refractivity contribution in [3.05, 3.63) is 69.8 Å². The lowest BCUT2D eigenvalue weighted by molar-refractivity contribution is -0.384. The molecule has 11 nitrogen and oxygen atoms in total. The summed E-state index contributed by atoms with van der Waals surface area (Å²) in [6.07, 6.45) is 0. The van der Waals surface area contributed by atoms with Crippen molar-refractivity contribution in [2.24, 2.45) is 0 Å². The summed E-state index contributed by atoms with van der Waals surface area (Å²) in [7, 11) is 3.25. The van der Waals surface area contributed by atoms with Crippen molar-refractivity contribution >= 4 is 35.1 Å². The molecular weight excluding hydrogens is 420 g/mol. The van der Waals surface area contributed by atoms with Crippen LogP contribution < -0.4 is 10.6 Å². The van der Waals surface area contributed by atoms with Gasteiger partial charge in [-0.3, -0.25) is 24.5 Å². The quantitative estimate of drug-likeness (QED) is 0.358. The van der Waals surface area contributed by atoms with Gasteiger partial charge in [-0.2, -0.15) is 0 Å². The van der Waals surface area contributed by atoms with Crippen molar-refractivity contribution in [2.75, 3.05) is 26.0 Å². The molecule has 0 aliphatic carbocycles. The van der Waals surface area contributed by atoms with Gasteiger partial charge < -0.3 is 20.3 Å². The number of nitro benzene ring substituents is 1. The molecule has 2 rings (SSSR count). The van der Waals surface area contributed by atoms with Crippen molar-refractivity contribution < 1.29 is 28.8 Å². The third kappa shape index (κ3) is 6.62. The van der Waals surface area contributed by atoms with Gasteiger partial charge in [0.15, 0.2) is 6.61 Å². The molecule has 2 aromatic rings. The molecule has 0 unspecified atom stereocenters. The van der Waals surface area contributed by atoms with Crippen LogP contribution in [0.3, 0.4) is 0 Å². The van der Waals surface area contributed by atoms with Crippen LogP contribution in [0.5, 0.6) is 0 Å². The first-order valence-electron chi connectivity index (χ1n) is 9.42. The number of amides is 3. The Balaban J connectivity index is 1.84. The van der Waals surface area contributed by atoms with E-state index in [1.807, 2.05) is 0 Å². The maximum Gasteiger partial charge on any atom is 0.328 e. The lowest BCUT2D eigenvalue weighted by Gasteiger charge is -2.14. The summed E-state index contributed by atoms with van der Waals surface area (Å²) in [6.45, 7) is 0.768. The van der Waals surface area contributed by atoms with Gasteiger partial charge in [-0.05, 0) is 37.3 Å². The molecule has 1 atom stereocenters. The molecule has 0 aliphatic heterocycles. The average Bonchev–Trinajstić information content (AvgIpc) is 2.77. The Morgan fingerprint density at radius 2 is 1.72 bits per heavy atom. The van der Waals surface area contributed by atoms with Gasteiger partial charge in [0.2, 0.25) is 0 Å². The van der Waals surface area contributed by atoms with Crippen molar-refractivity contribution in [1.82, 2.24) is 10.2 Å². The summed E-state index contributed by atoms with van der Waals surface area (Å²) in [5.41, 5.74) is 0.609. The molecule has 0 radical (unpaired) electrons. The fourth-order valence-electron chi connectivity index (χ4n) is 2.51. The van der Waals surface area contributed by atoms with Crippen molar-refractivity contribution in [1.29, 1.82) is 0 Å². The van der Waals surface area contributed by atoms with Gasteiger partial charge in [-0.25, -0.2) is 4.79 Å². The summed E-state index contributed by atoms with van der Waals surface area (Å²) < 4.78 is 4.90. The lowest BCUT2D eigenvalue weighted by Crippen LogP contribution is -2.40. The van der Waals surface area contributed by atoms with Gasteiger partial charge in [-0.1, -0.05) is 6.07 Å². The van der Waals surface area contributed by atoms with Crippen LogP contribution in [0, 0.1) is 10.1 Å². The van der Waals surface area contributed by atoms with Crippen LogP contribution in [-0.4, -0.2) is 60.3 Å². The first-order chi connectivity index (χ1) is 15.1. The summed E-state index contributed by atoms with van der Waals surface area (Å²) in [4.78, 5) is 59.7. The molecule has 0 fully saturated rings. The van der Waals surface area contributed by atoms with Gasteiger partial charge in [-0.15, -0.1) is 0 Å². The molecule has 0 heterocycles. The van der Waals surface area contributed by atoms with Crippen LogP contribution in [0.15, 0.2) is 48.5 Å². The number of nitrogens with zero attached hydrogens (tertiary/aromatic N) is 2. The topological polar surface area (TPSA) is 148 Å². The molecular formula is C21H22N4O7. The standard InChI is InChI=1S/C21H22N4O7/c1-13(22-19(27)15-5-4-6-17(11-15)25(30)31)21(29)32-12-18(26)23-16-9-7-14(8-10-16)20(28)24(2)3/h4-11,13H,12H2,1-3H3,(H,22,27)(H,23,26)/t13-/m0/s1. The van der Waals surface area contributed by atoms with Crippen molar-refractivity contribution in [3.8, 4) is 0 Å².